The summed E-state index contributed by atoms with van der Waals surface area (Å²) in [6.07, 6.45) is 3.75. The fourth-order valence-corrected chi connectivity index (χ4v) is 3.13. The second kappa shape index (κ2) is 7.59. The van der Waals surface area contributed by atoms with E-state index in [0.717, 1.165) is 31.0 Å². The smallest absolute Gasteiger partial charge is 0.234 e. The minimum Gasteiger partial charge on any atom is -0.351 e. The molecule has 1 atom stereocenters. The highest BCUT2D eigenvalue weighted by molar-refractivity contribution is 5.78. The predicted octanol–water partition coefficient (Wildman–Crippen LogP) is 0.991. The molecule has 2 N–H and O–H groups in total. The van der Waals surface area contributed by atoms with Crippen molar-refractivity contribution in [2.24, 2.45) is 7.05 Å². The number of piperazine rings is 1. The fraction of sp³-hybridized carbons (Fsp3) is 0.444. The van der Waals surface area contributed by atoms with E-state index in [9.17, 15) is 4.79 Å². The zero-order valence-electron chi connectivity index (χ0n) is 14.3. The molecule has 24 heavy (non-hydrogen) atoms. The van der Waals surface area contributed by atoms with Crippen molar-refractivity contribution in [3.8, 4) is 0 Å². The summed E-state index contributed by atoms with van der Waals surface area (Å²) < 4.78 is 2.02. The first-order valence-corrected chi connectivity index (χ1v) is 8.38. The minimum atomic E-state index is 0.0550. The molecule has 2 heterocycles. The second-order valence-corrected chi connectivity index (χ2v) is 6.29. The molecule has 3 rings (SSSR count). The third-order valence-corrected chi connectivity index (χ3v) is 4.59. The lowest BCUT2D eigenvalue weighted by atomic mass is 10.1. The van der Waals surface area contributed by atoms with E-state index in [0.29, 0.717) is 13.1 Å². The van der Waals surface area contributed by atoms with Gasteiger partial charge in [0.15, 0.2) is 0 Å². The van der Waals surface area contributed by atoms with Crippen molar-refractivity contribution in [2.45, 2.75) is 19.5 Å². The maximum absolute atomic E-state index is 12.4. The predicted molar refractivity (Wildman–Crippen MR) is 93.4 cm³/mol. The van der Waals surface area contributed by atoms with Gasteiger partial charge in [-0.25, -0.2) is 4.98 Å². The molecule has 128 valence electrons. The second-order valence-electron chi connectivity index (χ2n) is 6.29. The summed E-state index contributed by atoms with van der Waals surface area (Å²) in [5.74, 6) is 1.05. The van der Waals surface area contributed by atoms with Gasteiger partial charge in [-0.15, -0.1) is 0 Å². The lowest BCUT2D eigenvalue weighted by Crippen LogP contribution is -2.50. The number of hydrogen-bond donors (Lipinski definition) is 2. The molecule has 1 fully saturated rings. The van der Waals surface area contributed by atoms with Crippen molar-refractivity contribution in [3.63, 3.8) is 0 Å². The highest BCUT2D eigenvalue weighted by Gasteiger charge is 2.28. The Morgan fingerprint density at radius 3 is 3.00 bits per heavy atom. The van der Waals surface area contributed by atoms with Gasteiger partial charge in [-0.05, 0) is 18.1 Å². The number of carbonyl (C=O) groups is 1. The normalized spacial score (nSPS) is 18.5. The van der Waals surface area contributed by atoms with Gasteiger partial charge in [0.25, 0.3) is 0 Å². The molecular weight excluding hydrogens is 302 g/mol. The molecule has 1 unspecified atom stereocenters. The summed E-state index contributed by atoms with van der Waals surface area (Å²) in [6.45, 7) is 5.59. The van der Waals surface area contributed by atoms with Gasteiger partial charge in [0.2, 0.25) is 5.91 Å². The van der Waals surface area contributed by atoms with E-state index in [1.165, 1.54) is 5.56 Å². The van der Waals surface area contributed by atoms with Gasteiger partial charge in [-0.2, -0.15) is 0 Å². The van der Waals surface area contributed by atoms with Crippen molar-refractivity contribution in [1.29, 1.82) is 0 Å². The van der Waals surface area contributed by atoms with Crippen molar-refractivity contribution in [1.82, 2.24) is 25.1 Å². The number of benzene rings is 1. The van der Waals surface area contributed by atoms with E-state index in [4.69, 9.17) is 0 Å². The van der Waals surface area contributed by atoms with Crippen molar-refractivity contribution >= 4 is 5.91 Å². The fourth-order valence-electron chi connectivity index (χ4n) is 3.13. The zero-order valence-corrected chi connectivity index (χ0v) is 14.3. The molecular formula is C18H25N5O. The topological polar surface area (TPSA) is 62.2 Å². The SMILES string of the molecule is Cc1ccccc1CNC(=O)CN1CCNCC1c1nccn1C. The first-order chi connectivity index (χ1) is 11.6. The molecule has 1 saturated heterocycles. The summed E-state index contributed by atoms with van der Waals surface area (Å²) in [5, 5.41) is 6.43. The average molecular weight is 327 g/mol. The number of amides is 1. The molecule has 0 bridgehead atoms. The molecule has 0 spiro atoms. The molecule has 0 aliphatic carbocycles. The van der Waals surface area contributed by atoms with E-state index in [-0.39, 0.29) is 11.9 Å². The van der Waals surface area contributed by atoms with Crippen LogP contribution in [0.5, 0.6) is 0 Å². The number of rotatable bonds is 5. The molecule has 6 heteroatoms. The molecule has 1 aliphatic heterocycles. The summed E-state index contributed by atoms with van der Waals surface area (Å²) >= 11 is 0. The van der Waals surface area contributed by atoms with Gasteiger partial charge >= 0.3 is 0 Å². The Kier molecular flexibility index (Phi) is 5.27. The van der Waals surface area contributed by atoms with Crippen LogP contribution in [0.2, 0.25) is 0 Å². The van der Waals surface area contributed by atoms with Crippen LogP contribution in [0, 0.1) is 6.92 Å². The van der Waals surface area contributed by atoms with E-state index >= 15 is 0 Å². The van der Waals surface area contributed by atoms with Gasteiger partial charge in [0.05, 0.1) is 12.6 Å². The van der Waals surface area contributed by atoms with Gasteiger partial charge in [-0.1, -0.05) is 24.3 Å². The third-order valence-electron chi connectivity index (χ3n) is 4.59. The van der Waals surface area contributed by atoms with Crippen LogP contribution in [0.25, 0.3) is 0 Å². The summed E-state index contributed by atoms with van der Waals surface area (Å²) in [7, 11) is 1.99. The third kappa shape index (κ3) is 3.83. The first-order valence-electron chi connectivity index (χ1n) is 8.38. The molecule has 0 radical (unpaired) electrons. The highest BCUT2D eigenvalue weighted by atomic mass is 16.2. The van der Waals surface area contributed by atoms with Crippen LogP contribution in [0.1, 0.15) is 23.0 Å². The number of hydrogen-bond acceptors (Lipinski definition) is 4. The van der Waals surface area contributed by atoms with Gasteiger partial charge in [0.1, 0.15) is 5.82 Å². The standard InChI is InChI=1S/C18H25N5O/c1-14-5-3-4-6-15(14)11-21-17(24)13-23-10-7-19-12-16(23)18-20-8-9-22(18)2/h3-6,8-9,16,19H,7,10-13H2,1-2H3,(H,21,24). The number of carbonyl (C=O) groups excluding carboxylic acids is 1. The lowest BCUT2D eigenvalue weighted by Gasteiger charge is -2.35. The average Bonchev–Trinajstić information content (AvgIpc) is 3.00. The quantitative estimate of drug-likeness (QED) is 0.860. The number of aromatic nitrogens is 2. The van der Waals surface area contributed by atoms with E-state index in [1.54, 1.807) is 6.20 Å². The molecule has 6 nitrogen and oxygen atoms in total. The Balaban J connectivity index is 1.60. The summed E-state index contributed by atoms with van der Waals surface area (Å²) in [5.41, 5.74) is 2.36. The Labute approximate surface area is 142 Å². The molecule has 1 aromatic carbocycles. The Hall–Kier alpha value is -2.18. The van der Waals surface area contributed by atoms with Crippen LogP contribution in [0.3, 0.4) is 0 Å². The van der Waals surface area contributed by atoms with Crippen LogP contribution < -0.4 is 10.6 Å². The minimum absolute atomic E-state index is 0.0550. The first kappa shape index (κ1) is 16.7. The molecule has 2 aromatic rings. The van der Waals surface area contributed by atoms with Crippen molar-refractivity contribution in [2.75, 3.05) is 26.2 Å². The van der Waals surface area contributed by atoms with Crippen LogP contribution in [0.4, 0.5) is 0 Å². The molecule has 1 aliphatic rings. The monoisotopic (exact) mass is 327 g/mol. The van der Waals surface area contributed by atoms with Crippen LogP contribution >= 0.6 is 0 Å². The molecule has 1 amide bonds. The van der Waals surface area contributed by atoms with Crippen molar-refractivity contribution < 1.29 is 4.79 Å². The largest absolute Gasteiger partial charge is 0.351 e. The van der Waals surface area contributed by atoms with Crippen molar-refractivity contribution in [3.05, 3.63) is 53.6 Å². The van der Waals surface area contributed by atoms with Gasteiger partial charge in [-0.3, -0.25) is 9.69 Å². The number of aryl methyl sites for hydroxylation is 2. The van der Waals surface area contributed by atoms with Gasteiger partial charge in [0, 0.05) is 45.6 Å². The highest BCUT2D eigenvalue weighted by Crippen LogP contribution is 2.19. The Morgan fingerprint density at radius 2 is 2.25 bits per heavy atom. The van der Waals surface area contributed by atoms with E-state index in [1.807, 2.05) is 29.9 Å². The Bertz CT molecular complexity index is 696. The Morgan fingerprint density at radius 1 is 1.42 bits per heavy atom. The lowest BCUT2D eigenvalue weighted by molar-refractivity contribution is -0.123. The summed E-state index contributed by atoms with van der Waals surface area (Å²) in [4.78, 5) is 19.0. The van der Waals surface area contributed by atoms with Gasteiger partial charge < -0.3 is 15.2 Å². The summed E-state index contributed by atoms with van der Waals surface area (Å²) in [6, 6.07) is 8.26. The number of nitrogens with one attached hydrogen (secondary N) is 2. The molecule has 1 aromatic heterocycles. The van der Waals surface area contributed by atoms with Crippen LogP contribution in [-0.2, 0) is 18.4 Å². The number of nitrogens with zero attached hydrogens (tertiary/aromatic N) is 3. The van der Waals surface area contributed by atoms with E-state index < -0.39 is 0 Å². The van der Waals surface area contributed by atoms with Crippen LogP contribution in [-0.4, -0.2) is 46.5 Å². The van der Waals surface area contributed by atoms with Crippen LogP contribution in [0.15, 0.2) is 36.7 Å². The van der Waals surface area contributed by atoms with E-state index in [2.05, 4.69) is 39.6 Å². The zero-order chi connectivity index (χ0) is 16.9. The maximum Gasteiger partial charge on any atom is 0.234 e. The number of imidazole rings is 1. The molecule has 0 saturated carbocycles. The maximum atomic E-state index is 12.4.